The highest BCUT2D eigenvalue weighted by Crippen LogP contribution is 2.48. The standard InChI is InChI=1S/C22H29FN4O2S/c1-4-24-21(26-16-22(13-14-22)18-10-6-7-11-19(18)23)25-15-17-9-5-8-12-20(17)30(28,29)27(2)3/h5-12H,4,13-16H2,1-3H3,(H2,24,25,26). The second-order valence-electron chi connectivity index (χ2n) is 7.70. The highest BCUT2D eigenvalue weighted by molar-refractivity contribution is 7.89. The van der Waals surface area contributed by atoms with E-state index >= 15 is 0 Å². The quantitative estimate of drug-likeness (QED) is 0.497. The van der Waals surface area contributed by atoms with Crippen LogP contribution in [0.1, 0.15) is 30.9 Å². The van der Waals surface area contributed by atoms with Gasteiger partial charge < -0.3 is 10.6 Å². The van der Waals surface area contributed by atoms with Crippen LogP contribution in [0.3, 0.4) is 0 Å². The number of guanidine groups is 1. The van der Waals surface area contributed by atoms with Crippen LogP contribution in [0, 0.1) is 5.82 Å². The Bertz CT molecular complexity index is 1020. The maximum absolute atomic E-state index is 14.3. The summed E-state index contributed by atoms with van der Waals surface area (Å²) >= 11 is 0. The molecule has 0 heterocycles. The third kappa shape index (κ3) is 4.82. The zero-order valence-corrected chi connectivity index (χ0v) is 18.5. The minimum Gasteiger partial charge on any atom is -0.357 e. The molecular formula is C22H29FN4O2S. The molecule has 0 saturated heterocycles. The van der Waals surface area contributed by atoms with E-state index in [1.165, 1.54) is 24.5 Å². The zero-order chi connectivity index (χ0) is 21.8. The van der Waals surface area contributed by atoms with Gasteiger partial charge in [-0.05, 0) is 43.0 Å². The highest BCUT2D eigenvalue weighted by atomic mass is 32.2. The summed E-state index contributed by atoms with van der Waals surface area (Å²) in [7, 11) is -0.527. The van der Waals surface area contributed by atoms with Crippen LogP contribution in [0.15, 0.2) is 58.4 Å². The van der Waals surface area contributed by atoms with E-state index in [1.54, 1.807) is 30.3 Å². The van der Waals surface area contributed by atoms with E-state index in [1.807, 2.05) is 19.1 Å². The van der Waals surface area contributed by atoms with Gasteiger partial charge in [0.05, 0.1) is 11.4 Å². The fourth-order valence-corrected chi connectivity index (χ4v) is 4.53. The minimum atomic E-state index is -3.55. The van der Waals surface area contributed by atoms with Crippen molar-refractivity contribution in [1.29, 1.82) is 0 Å². The Balaban J connectivity index is 1.76. The first kappa shape index (κ1) is 22.2. The molecule has 0 atom stereocenters. The van der Waals surface area contributed by atoms with Gasteiger partial charge in [0.1, 0.15) is 5.82 Å². The van der Waals surface area contributed by atoms with Gasteiger partial charge in [0.15, 0.2) is 5.96 Å². The van der Waals surface area contributed by atoms with E-state index in [0.717, 1.165) is 18.4 Å². The number of hydrogen-bond donors (Lipinski definition) is 2. The molecule has 0 radical (unpaired) electrons. The normalized spacial score (nSPS) is 15.8. The Morgan fingerprint density at radius 1 is 1.10 bits per heavy atom. The van der Waals surface area contributed by atoms with Crippen LogP contribution in [-0.2, 0) is 22.0 Å². The molecule has 2 aromatic carbocycles. The van der Waals surface area contributed by atoms with E-state index in [4.69, 9.17) is 0 Å². The second kappa shape index (κ2) is 9.14. The Hall–Kier alpha value is -2.45. The molecule has 0 bridgehead atoms. The van der Waals surface area contributed by atoms with Gasteiger partial charge in [-0.3, -0.25) is 0 Å². The number of halogens is 1. The molecule has 0 aliphatic heterocycles. The molecule has 30 heavy (non-hydrogen) atoms. The smallest absolute Gasteiger partial charge is 0.242 e. The van der Waals surface area contributed by atoms with Gasteiger partial charge in [-0.1, -0.05) is 36.4 Å². The molecule has 1 saturated carbocycles. The maximum Gasteiger partial charge on any atom is 0.242 e. The predicted molar refractivity (Wildman–Crippen MR) is 117 cm³/mol. The second-order valence-corrected chi connectivity index (χ2v) is 9.82. The van der Waals surface area contributed by atoms with Crippen molar-refractivity contribution in [2.24, 2.45) is 4.99 Å². The van der Waals surface area contributed by atoms with E-state index < -0.39 is 10.0 Å². The molecule has 1 aliphatic carbocycles. The summed E-state index contributed by atoms with van der Waals surface area (Å²) in [4.78, 5) is 4.83. The van der Waals surface area contributed by atoms with Crippen LogP contribution in [0.5, 0.6) is 0 Å². The van der Waals surface area contributed by atoms with Crippen molar-refractivity contribution in [3.8, 4) is 0 Å². The van der Waals surface area contributed by atoms with E-state index in [0.29, 0.717) is 24.6 Å². The third-order valence-electron chi connectivity index (χ3n) is 5.38. The molecule has 0 amide bonds. The monoisotopic (exact) mass is 432 g/mol. The van der Waals surface area contributed by atoms with Gasteiger partial charge in [0.2, 0.25) is 10.0 Å². The Kier molecular flexibility index (Phi) is 6.77. The number of hydrogen-bond acceptors (Lipinski definition) is 3. The summed E-state index contributed by atoms with van der Waals surface area (Å²) in [5, 5.41) is 6.50. The molecular weight excluding hydrogens is 403 g/mol. The summed E-state index contributed by atoms with van der Waals surface area (Å²) < 4.78 is 40.6. The van der Waals surface area contributed by atoms with Gasteiger partial charge >= 0.3 is 0 Å². The van der Waals surface area contributed by atoms with Crippen molar-refractivity contribution in [2.45, 2.75) is 36.6 Å². The lowest BCUT2D eigenvalue weighted by Gasteiger charge is -2.20. The van der Waals surface area contributed by atoms with Crippen LogP contribution in [0.2, 0.25) is 0 Å². The molecule has 6 nitrogen and oxygen atoms in total. The maximum atomic E-state index is 14.3. The molecule has 2 N–H and O–H groups in total. The Morgan fingerprint density at radius 2 is 1.77 bits per heavy atom. The van der Waals surface area contributed by atoms with Crippen molar-refractivity contribution in [3.63, 3.8) is 0 Å². The highest BCUT2D eigenvalue weighted by Gasteiger charge is 2.45. The summed E-state index contributed by atoms with van der Waals surface area (Å²) in [5.41, 5.74) is 1.14. The van der Waals surface area contributed by atoms with Crippen LogP contribution in [-0.4, -0.2) is 45.9 Å². The number of benzene rings is 2. The number of rotatable bonds is 8. The van der Waals surface area contributed by atoms with Crippen LogP contribution in [0.4, 0.5) is 4.39 Å². The first-order chi connectivity index (χ1) is 14.3. The van der Waals surface area contributed by atoms with Gasteiger partial charge in [0.25, 0.3) is 0 Å². The molecule has 2 aromatic rings. The fourth-order valence-electron chi connectivity index (χ4n) is 3.43. The topological polar surface area (TPSA) is 73.8 Å². The van der Waals surface area contributed by atoms with Crippen molar-refractivity contribution >= 4 is 16.0 Å². The molecule has 1 fully saturated rings. The number of sulfonamides is 1. The van der Waals surface area contributed by atoms with Crippen LogP contribution in [0.25, 0.3) is 0 Å². The molecule has 1 aliphatic rings. The van der Waals surface area contributed by atoms with E-state index in [2.05, 4.69) is 15.6 Å². The number of nitrogens with one attached hydrogen (secondary N) is 2. The third-order valence-corrected chi connectivity index (χ3v) is 7.29. The summed E-state index contributed by atoms with van der Waals surface area (Å²) in [6.45, 7) is 3.41. The first-order valence-electron chi connectivity index (χ1n) is 10.1. The van der Waals surface area contributed by atoms with Gasteiger partial charge in [-0.2, -0.15) is 0 Å². The lowest BCUT2D eigenvalue weighted by molar-refractivity contribution is 0.519. The number of nitrogens with zero attached hydrogens (tertiary/aromatic N) is 2. The van der Waals surface area contributed by atoms with Crippen LogP contribution < -0.4 is 10.6 Å². The van der Waals surface area contributed by atoms with Gasteiger partial charge in [-0.15, -0.1) is 0 Å². The van der Waals surface area contributed by atoms with E-state index in [-0.39, 0.29) is 22.7 Å². The summed E-state index contributed by atoms with van der Waals surface area (Å²) in [5.74, 6) is 0.402. The Morgan fingerprint density at radius 3 is 2.40 bits per heavy atom. The molecule has 162 valence electrons. The van der Waals surface area contributed by atoms with Crippen molar-refractivity contribution in [2.75, 3.05) is 27.2 Å². The Labute approximate surface area is 178 Å². The fraction of sp³-hybridized carbons (Fsp3) is 0.409. The summed E-state index contributed by atoms with van der Waals surface area (Å²) in [6.07, 6.45) is 1.84. The molecule has 3 rings (SSSR count). The lowest BCUT2D eigenvalue weighted by Crippen LogP contribution is -2.41. The molecule has 0 aromatic heterocycles. The van der Waals surface area contributed by atoms with Crippen LogP contribution >= 0.6 is 0 Å². The average molecular weight is 433 g/mol. The molecule has 0 spiro atoms. The van der Waals surface area contributed by atoms with E-state index in [9.17, 15) is 12.8 Å². The lowest BCUT2D eigenvalue weighted by atomic mass is 9.95. The van der Waals surface area contributed by atoms with Gasteiger partial charge in [0, 0.05) is 32.6 Å². The zero-order valence-electron chi connectivity index (χ0n) is 17.7. The first-order valence-corrected chi connectivity index (χ1v) is 11.5. The molecule has 8 heteroatoms. The minimum absolute atomic E-state index is 0.179. The largest absolute Gasteiger partial charge is 0.357 e. The van der Waals surface area contributed by atoms with Gasteiger partial charge in [-0.25, -0.2) is 22.1 Å². The summed E-state index contributed by atoms with van der Waals surface area (Å²) in [6, 6.07) is 13.8. The van der Waals surface area contributed by atoms with Crippen molar-refractivity contribution in [3.05, 3.63) is 65.5 Å². The SMILES string of the molecule is CCNC(=NCc1ccccc1S(=O)(=O)N(C)C)NCC1(c2ccccc2F)CC1. The average Bonchev–Trinajstić information content (AvgIpc) is 3.51. The number of aliphatic imine (C=N–C) groups is 1. The molecule has 0 unspecified atom stereocenters. The van der Waals surface area contributed by atoms with Crippen molar-refractivity contribution in [1.82, 2.24) is 14.9 Å². The predicted octanol–water partition coefficient (Wildman–Crippen LogP) is 2.86. The van der Waals surface area contributed by atoms with Crippen molar-refractivity contribution < 1.29 is 12.8 Å².